The third-order valence-electron chi connectivity index (χ3n) is 25.1. The highest BCUT2D eigenvalue weighted by atomic mass is 15.0. The number of nitrogens with zero attached hydrogens (tertiary/aromatic N) is 15. The van der Waals surface area contributed by atoms with Crippen molar-refractivity contribution in [1.29, 1.82) is 21.0 Å². The Hall–Kier alpha value is -19.8. The van der Waals surface area contributed by atoms with Gasteiger partial charge in [-0.05, 0) is 256 Å². The average Bonchev–Trinajstić information content (AvgIpc) is 1.58. The van der Waals surface area contributed by atoms with E-state index in [9.17, 15) is 21.0 Å². The zero-order valence-electron chi connectivity index (χ0n) is 70.1. The van der Waals surface area contributed by atoms with Crippen LogP contribution in [0.25, 0.3) is 223 Å². The fourth-order valence-electron chi connectivity index (χ4n) is 19.2. The number of aromatic nitrogens is 6. The van der Waals surface area contributed by atoms with E-state index in [1.54, 1.807) is 0 Å². The summed E-state index contributed by atoms with van der Waals surface area (Å²) in [4.78, 5) is 18.5. The van der Waals surface area contributed by atoms with Crippen molar-refractivity contribution in [3.63, 3.8) is 0 Å². The maximum Gasteiger partial charge on any atom is 0.210 e. The van der Waals surface area contributed by atoms with Gasteiger partial charge in [0.1, 0.15) is 0 Å². The standard InChI is InChI=1S/3C39H21N5/c1-41-28-16-19-37-33(23-28)31-17-15-27(22-39(31)44(37)38-13-6-4-11-34(38)42-2)26-8-7-9-29(21-26)43-35-12-5-3-10-30(35)32-20-25(24-40)14-18-36(32)43;1-41-28-8-6-10-31(22-28)44-38-18-15-29(42-2)23-35(38)33-16-14-27(21-39(33)44)26-7-5-9-30(20-26)43-36-12-4-3-11-32(36)34-19-25(24-40)13-17-37(34)43;1-42-29-13-18-38-35(22-29)33-16-12-28(21-39(33)43(38)30-14-9-25(23-40)10-15-30)27-5-4-6-31(20-27)44-36-8-3-2-7-32(36)34-19-26(24-41)11-17-37(34)44/h2*3-23H;2-22H. The van der Waals surface area contributed by atoms with E-state index in [4.69, 9.17) is 32.9 Å². The molecular formula is C117H63N15. The number of hydrogen-bond donors (Lipinski definition) is 0. The molecule has 0 spiro atoms. The maximum absolute atomic E-state index is 9.54. The summed E-state index contributed by atoms with van der Waals surface area (Å²) in [5.74, 6) is 0. The second-order valence-corrected chi connectivity index (χ2v) is 32.3. The number of hydrogen-bond acceptors (Lipinski definition) is 4. The second-order valence-electron chi connectivity index (χ2n) is 32.3. The van der Waals surface area contributed by atoms with Crippen LogP contribution in [-0.2, 0) is 0 Å². The summed E-state index contributed by atoms with van der Waals surface area (Å²) in [5.41, 5.74) is 29.9. The van der Waals surface area contributed by atoms with Crippen molar-refractivity contribution in [3.8, 4) is 91.8 Å². The molecule has 0 N–H and O–H groups in total. The quantitative estimate of drug-likeness (QED) is 0.132. The Morgan fingerprint density at radius 2 is 0.455 bits per heavy atom. The first-order chi connectivity index (χ1) is 65.0. The zero-order chi connectivity index (χ0) is 89.4. The molecule has 0 saturated heterocycles. The third kappa shape index (κ3) is 13.1. The Balaban J connectivity index is 0.000000116. The summed E-state index contributed by atoms with van der Waals surface area (Å²) in [5, 5.41) is 50.6. The molecular weight excluding hydrogens is 1620 g/mol. The van der Waals surface area contributed by atoms with E-state index in [1.165, 1.54) is 0 Å². The molecule has 132 heavy (non-hydrogen) atoms. The molecule has 6 heterocycles. The van der Waals surface area contributed by atoms with E-state index in [0.717, 1.165) is 198 Å². The van der Waals surface area contributed by atoms with Crippen molar-refractivity contribution in [2.24, 2.45) is 0 Å². The summed E-state index contributed by atoms with van der Waals surface area (Å²) in [6.07, 6.45) is 0. The Bertz CT molecular complexity index is 9500. The molecule has 18 aromatic carbocycles. The molecule has 0 aliphatic carbocycles. The summed E-state index contributed by atoms with van der Waals surface area (Å²) < 4.78 is 13.3. The first-order valence-corrected chi connectivity index (χ1v) is 42.5. The SMILES string of the molecule is [C-]#[N+]c1ccc2c(c1)c1ccc(-c3cccc(-n4c5ccccc5c5cc(C#N)ccc54)c3)cc1n2-c1ccc(C#N)cc1.[C-]#[N+]c1ccc2c(c1)c1ccc(-c3cccc(-n4c5ccccc5c5cc(C#N)ccc54)c3)cc1n2-c1ccccc1[N+]#[C-].[C-]#[N+]c1cccc(-n2c3ccc([N+]#[C-])cc3c3ccc(-c4cccc(-n5c6ccccc6c6cc(C#N)ccc65)c4)cc32)c1. The van der Waals surface area contributed by atoms with E-state index in [2.05, 4.69) is 240 Å². The minimum Gasteiger partial charge on any atom is -0.319 e. The minimum atomic E-state index is 0.568. The summed E-state index contributed by atoms with van der Waals surface area (Å²) in [6, 6.07) is 137. The van der Waals surface area contributed by atoms with Crippen LogP contribution in [0.3, 0.4) is 0 Å². The van der Waals surface area contributed by atoms with Crippen LogP contribution in [0.5, 0.6) is 0 Å². The number of fused-ring (bicyclic) bond motifs is 18. The Kier molecular flexibility index (Phi) is 19.0. The highest BCUT2D eigenvalue weighted by Gasteiger charge is 2.24. The molecule has 0 aliphatic rings. The molecule has 0 fully saturated rings. The molecule has 24 aromatic rings. The molecule has 0 radical (unpaired) electrons. The molecule has 6 aromatic heterocycles. The molecule has 0 unspecified atom stereocenters. The van der Waals surface area contributed by atoms with Crippen LogP contribution in [-0.4, -0.2) is 27.4 Å². The normalized spacial score (nSPS) is 11.1. The summed E-state index contributed by atoms with van der Waals surface area (Å²) >= 11 is 0. The Labute approximate surface area is 756 Å². The first kappa shape index (κ1) is 78.2. The number of nitriles is 4. The van der Waals surface area contributed by atoms with Gasteiger partial charge in [0, 0.05) is 76.9 Å². The zero-order valence-corrected chi connectivity index (χ0v) is 70.1. The van der Waals surface area contributed by atoms with Crippen LogP contribution in [0.1, 0.15) is 22.3 Å². The highest BCUT2D eigenvalue weighted by Crippen LogP contribution is 2.45. The van der Waals surface area contributed by atoms with Crippen LogP contribution in [0.15, 0.2) is 382 Å². The van der Waals surface area contributed by atoms with Crippen LogP contribution >= 0.6 is 0 Å². The molecule has 0 saturated carbocycles. The molecule has 24 rings (SSSR count). The lowest BCUT2D eigenvalue weighted by Crippen LogP contribution is -1.95. The maximum atomic E-state index is 9.54. The Morgan fingerprint density at radius 1 is 0.174 bits per heavy atom. The van der Waals surface area contributed by atoms with Crippen molar-refractivity contribution in [2.45, 2.75) is 0 Å². The molecule has 0 aliphatic heterocycles. The van der Waals surface area contributed by atoms with Crippen LogP contribution < -0.4 is 0 Å². The third-order valence-corrected chi connectivity index (χ3v) is 25.1. The highest BCUT2D eigenvalue weighted by molar-refractivity contribution is 6.17. The van der Waals surface area contributed by atoms with E-state index in [1.807, 2.05) is 218 Å². The minimum absolute atomic E-state index is 0.568. The molecule has 0 amide bonds. The van der Waals surface area contributed by atoms with Crippen molar-refractivity contribution in [1.82, 2.24) is 27.4 Å². The van der Waals surface area contributed by atoms with Gasteiger partial charge in [-0.25, -0.2) is 24.2 Å². The van der Waals surface area contributed by atoms with Gasteiger partial charge in [0.05, 0.1) is 151 Å². The van der Waals surface area contributed by atoms with E-state index in [0.29, 0.717) is 50.7 Å². The van der Waals surface area contributed by atoms with Gasteiger partial charge in [0.15, 0.2) is 22.7 Å². The fourth-order valence-corrected chi connectivity index (χ4v) is 19.2. The lowest BCUT2D eigenvalue weighted by atomic mass is 10.0. The van der Waals surface area contributed by atoms with Crippen LogP contribution in [0.2, 0.25) is 0 Å². The summed E-state index contributed by atoms with van der Waals surface area (Å²) in [7, 11) is 0. The topological polar surface area (TPSA) is 147 Å². The van der Waals surface area contributed by atoms with Gasteiger partial charge in [0.25, 0.3) is 0 Å². The van der Waals surface area contributed by atoms with Gasteiger partial charge in [-0.1, -0.05) is 176 Å². The number of benzene rings is 18. The van der Waals surface area contributed by atoms with Gasteiger partial charge in [0.2, 0.25) is 5.69 Å². The molecule has 606 valence electrons. The van der Waals surface area contributed by atoms with Crippen molar-refractivity contribution >= 4 is 159 Å². The number of para-hydroxylation sites is 5. The average molecular weight is 1680 g/mol. The van der Waals surface area contributed by atoms with Gasteiger partial charge >= 0.3 is 0 Å². The molecule has 15 nitrogen and oxygen atoms in total. The predicted octanol–water partition coefficient (Wildman–Crippen LogP) is 30.9. The van der Waals surface area contributed by atoms with Gasteiger partial charge in [-0.2, -0.15) is 21.0 Å². The van der Waals surface area contributed by atoms with Crippen LogP contribution in [0.4, 0.5) is 28.4 Å². The monoisotopic (exact) mass is 1680 g/mol. The van der Waals surface area contributed by atoms with Crippen molar-refractivity contribution in [2.75, 3.05) is 0 Å². The number of rotatable bonds is 9. The van der Waals surface area contributed by atoms with E-state index in [-0.39, 0.29) is 0 Å². The van der Waals surface area contributed by atoms with Crippen LogP contribution in [0, 0.1) is 78.2 Å². The van der Waals surface area contributed by atoms with Gasteiger partial charge in [-0.3, -0.25) is 0 Å². The molecule has 0 bridgehead atoms. The summed E-state index contributed by atoms with van der Waals surface area (Å²) in [6.45, 7) is 38.1. The van der Waals surface area contributed by atoms with E-state index >= 15 is 0 Å². The Morgan fingerprint density at radius 3 is 0.833 bits per heavy atom. The van der Waals surface area contributed by atoms with Gasteiger partial charge in [-0.15, -0.1) is 0 Å². The van der Waals surface area contributed by atoms with E-state index < -0.39 is 0 Å². The molecule has 0 atom stereocenters. The van der Waals surface area contributed by atoms with Crippen molar-refractivity contribution < 1.29 is 0 Å². The lowest BCUT2D eigenvalue weighted by molar-refractivity contribution is 1.18. The van der Waals surface area contributed by atoms with Crippen molar-refractivity contribution in [3.05, 3.63) is 462 Å². The lowest BCUT2D eigenvalue weighted by Gasteiger charge is -2.12. The predicted molar refractivity (Wildman–Crippen MR) is 532 cm³/mol. The smallest absolute Gasteiger partial charge is 0.210 e. The fraction of sp³-hybridized carbons (Fsp3) is 0. The molecule has 15 heteroatoms. The largest absolute Gasteiger partial charge is 0.319 e. The van der Waals surface area contributed by atoms with Gasteiger partial charge < -0.3 is 27.4 Å². The first-order valence-electron chi connectivity index (χ1n) is 42.5. The second kappa shape index (κ2) is 32.1.